The van der Waals surface area contributed by atoms with Crippen molar-refractivity contribution in [3.05, 3.63) is 22.4 Å². The van der Waals surface area contributed by atoms with Gasteiger partial charge in [0, 0.05) is 26.2 Å². The van der Waals surface area contributed by atoms with Crippen molar-refractivity contribution in [3.63, 3.8) is 0 Å². The molecular weight excluding hydrogens is 298 g/mol. The van der Waals surface area contributed by atoms with E-state index in [1.807, 2.05) is 24.4 Å². The molecule has 0 aromatic carbocycles. The van der Waals surface area contributed by atoms with E-state index >= 15 is 0 Å². The number of nitrogens with one attached hydrogen (secondary N) is 1. The molecule has 0 aliphatic carbocycles. The van der Waals surface area contributed by atoms with Gasteiger partial charge in [0.25, 0.3) is 5.91 Å². The van der Waals surface area contributed by atoms with Crippen LogP contribution in [0.2, 0.25) is 0 Å². The molecule has 8 heteroatoms. The molecule has 0 aliphatic rings. The van der Waals surface area contributed by atoms with Crippen molar-refractivity contribution in [2.24, 2.45) is 0 Å². The van der Waals surface area contributed by atoms with E-state index in [0.717, 1.165) is 0 Å². The van der Waals surface area contributed by atoms with Crippen molar-refractivity contribution in [1.29, 1.82) is 0 Å². The Balaban J connectivity index is 2.44. The SMILES string of the molecule is CN(C)CCN(CCNC(=O)c1cccs1)S(C)(=O)=O. The largest absolute Gasteiger partial charge is 0.350 e. The number of carbonyl (C=O) groups excluding carboxylic acids is 1. The van der Waals surface area contributed by atoms with E-state index in [2.05, 4.69) is 5.32 Å². The Morgan fingerprint density at radius 1 is 1.30 bits per heavy atom. The van der Waals surface area contributed by atoms with E-state index in [1.165, 1.54) is 21.9 Å². The molecule has 0 radical (unpaired) electrons. The van der Waals surface area contributed by atoms with Crippen LogP contribution in [0.3, 0.4) is 0 Å². The summed E-state index contributed by atoms with van der Waals surface area (Å²) in [6.07, 6.45) is 1.18. The zero-order chi connectivity index (χ0) is 15.2. The minimum absolute atomic E-state index is 0.166. The smallest absolute Gasteiger partial charge is 0.261 e. The predicted octanol–water partition coefficient (Wildman–Crippen LogP) is 0.301. The Kier molecular flexibility index (Phi) is 6.60. The summed E-state index contributed by atoms with van der Waals surface area (Å²) in [4.78, 5) is 14.3. The molecule has 1 N–H and O–H groups in total. The molecule has 1 rings (SSSR count). The first kappa shape index (κ1) is 17.1. The Labute approximate surface area is 124 Å². The molecule has 0 saturated heterocycles. The minimum atomic E-state index is -3.25. The van der Waals surface area contributed by atoms with Crippen LogP contribution in [0.1, 0.15) is 9.67 Å². The van der Waals surface area contributed by atoms with Gasteiger partial charge in [-0.15, -0.1) is 11.3 Å². The summed E-state index contributed by atoms with van der Waals surface area (Å²) in [5.41, 5.74) is 0. The lowest BCUT2D eigenvalue weighted by atomic mass is 10.4. The first-order chi connectivity index (χ1) is 9.30. The number of hydrogen-bond acceptors (Lipinski definition) is 5. The molecular formula is C12H21N3O3S2. The number of hydrogen-bond donors (Lipinski definition) is 1. The fourth-order valence-electron chi connectivity index (χ4n) is 1.54. The molecule has 0 saturated carbocycles. The summed E-state index contributed by atoms with van der Waals surface area (Å²) in [6.45, 7) is 1.65. The van der Waals surface area contributed by atoms with Crippen molar-refractivity contribution >= 4 is 27.3 Å². The highest BCUT2D eigenvalue weighted by molar-refractivity contribution is 7.88. The van der Waals surface area contributed by atoms with Crippen LogP contribution in [0.4, 0.5) is 0 Å². The molecule has 114 valence electrons. The summed E-state index contributed by atoms with van der Waals surface area (Å²) in [6, 6.07) is 3.54. The van der Waals surface area contributed by atoms with Crippen molar-refractivity contribution in [1.82, 2.24) is 14.5 Å². The first-order valence-corrected chi connectivity index (χ1v) is 8.95. The molecule has 0 aliphatic heterocycles. The molecule has 1 amide bonds. The van der Waals surface area contributed by atoms with E-state index in [9.17, 15) is 13.2 Å². The average Bonchev–Trinajstić information content (AvgIpc) is 2.84. The van der Waals surface area contributed by atoms with E-state index in [1.54, 1.807) is 12.1 Å². The van der Waals surface area contributed by atoms with Gasteiger partial charge in [-0.25, -0.2) is 8.42 Å². The number of thiophene rings is 1. The summed E-state index contributed by atoms with van der Waals surface area (Å²) in [7, 11) is 0.521. The van der Waals surface area contributed by atoms with Gasteiger partial charge in [-0.2, -0.15) is 4.31 Å². The quantitative estimate of drug-likeness (QED) is 0.748. The van der Waals surface area contributed by atoms with Crippen LogP contribution >= 0.6 is 11.3 Å². The van der Waals surface area contributed by atoms with Gasteiger partial charge in [0.05, 0.1) is 11.1 Å². The zero-order valence-electron chi connectivity index (χ0n) is 12.0. The maximum Gasteiger partial charge on any atom is 0.261 e. The van der Waals surface area contributed by atoms with Gasteiger partial charge >= 0.3 is 0 Å². The van der Waals surface area contributed by atoms with E-state index < -0.39 is 10.0 Å². The fourth-order valence-corrected chi connectivity index (χ4v) is 3.02. The standard InChI is InChI=1S/C12H21N3O3S2/c1-14(2)8-9-15(20(3,17)18)7-6-13-12(16)11-5-4-10-19-11/h4-5,10H,6-9H2,1-3H3,(H,13,16). The molecule has 1 heterocycles. The lowest BCUT2D eigenvalue weighted by molar-refractivity contribution is 0.0955. The van der Waals surface area contributed by atoms with Crippen molar-refractivity contribution in [3.8, 4) is 0 Å². The van der Waals surface area contributed by atoms with Crippen LogP contribution in [-0.4, -0.2) is 70.1 Å². The third-order valence-corrected chi connectivity index (χ3v) is 4.83. The van der Waals surface area contributed by atoms with Crippen LogP contribution in [0.25, 0.3) is 0 Å². The van der Waals surface area contributed by atoms with Gasteiger partial charge in [-0.05, 0) is 25.5 Å². The van der Waals surface area contributed by atoms with Gasteiger partial charge in [0.2, 0.25) is 10.0 Å². The van der Waals surface area contributed by atoms with E-state index in [0.29, 0.717) is 24.5 Å². The first-order valence-electron chi connectivity index (χ1n) is 6.22. The number of likely N-dealkylation sites (N-methyl/N-ethyl adjacent to an activating group) is 1. The Morgan fingerprint density at radius 3 is 2.50 bits per heavy atom. The van der Waals surface area contributed by atoms with Crippen LogP contribution in [-0.2, 0) is 10.0 Å². The van der Waals surface area contributed by atoms with Crippen molar-refractivity contribution in [2.45, 2.75) is 0 Å². The second-order valence-corrected chi connectivity index (χ2v) is 7.63. The lowest BCUT2D eigenvalue weighted by Crippen LogP contribution is -2.41. The Hall–Kier alpha value is -0.960. The maximum atomic E-state index is 11.7. The number of rotatable bonds is 8. The number of carbonyl (C=O) groups is 1. The summed E-state index contributed by atoms with van der Waals surface area (Å²) in [5, 5.41) is 4.56. The van der Waals surface area contributed by atoms with Gasteiger partial charge in [0.1, 0.15) is 0 Å². The predicted molar refractivity (Wildman–Crippen MR) is 81.6 cm³/mol. The second-order valence-electron chi connectivity index (χ2n) is 4.70. The van der Waals surface area contributed by atoms with E-state index in [-0.39, 0.29) is 12.5 Å². The molecule has 0 fully saturated rings. The Morgan fingerprint density at radius 2 is 2.00 bits per heavy atom. The molecule has 0 bridgehead atoms. The normalized spacial score (nSPS) is 12.1. The van der Waals surface area contributed by atoms with Crippen LogP contribution in [0, 0.1) is 0 Å². The zero-order valence-corrected chi connectivity index (χ0v) is 13.6. The molecule has 20 heavy (non-hydrogen) atoms. The summed E-state index contributed by atoms with van der Waals surface area (Å²) < 4.78 is 24.7. The Bertz CT molecular complexity index is 512. The van der Waals surface area contributed by atoms with Gasteiger partial charge in [-0.3, -0.25) is 4.79 Å². The highest BCUT2D eigenvalue weighted by Crippen LogP contribution is 2.07. The number of amides is 1. The molecule has 1 aromatic heterocycles. The fraction of sp³-hybridized carbons (Fsp3) is 0.583. The van der Waals surface area contributed by atoms with Crippen LogP contribution in [0.5, 0.6) is 0 Å². The molecule has 6 nitrogen and oxygen atoms in total. The van der Waals surface area contributed by atoms with Crippen molar-refractivity contribution < 1.29 is 13.2 Å². The van der Waals surface area contributed by atoms with Gasteiger partial charge in [-0.1, -0.05) is 6.07 Å². The number of sulfonamides is 1. The molecule has 0 spiro atoms. The van der Waals surface area contributed by atoms with Gasteiger partial charge < -0.3 is 10.2 Å². The van der Waals surface area contributed by atoms with Crippen molar-refractivity contribution in [2.75, 3.05) is 46.5 Å². The van der Waals surface area contributed by atoms with Gasteiger partial charge in [0.15, 0.2) is 0 Å². The molecule has 1 aromatic rings. The van der Waals surface area contributed by atoms with Crippen LogP contribution < -0.4 is 5.32 Å². The third-order valence-electron chi connectivity index (χ3n) is 2.66. The monoisotopic (exact) mass is 319 g/mol. The second kappa shape index (κ2) is 7.72. The third kappa shape index (κ3) is 6.00. The molecule has 0 unspecified atom stereocenters. The molecule has 0 atom stereocenters. The average molecular weight is 319 g/mol. The van der Waals surface area contributed by atoms with E-state index in [4.69, 9.17) is 0 Å². The maximum absolute atomic E-state index is 11.7. The lowest BCUT2D eigenvalue weighted by Gasteiger charge is -2.21. The minimum Gasteiger partial charge on any atom is -0.350 e. The highest BCUT2D eigenvalue weighted by Gasteiger charge is 2.16. The topological polar surface area (TPSA) is 69.7 Å². The van der Waals surface area contributed by atoms with Crippen LogP contribution in [0.15, 0.2) is 17.5 Å². The summed E-state index contributed by atoms with van der Waals surface area (Å²) in [5.74, 6) is -0.166. The highest BCUT2D eigenvalue weighted by atomic mass is 32.2. The summed E-state index contributed by atoms with van der Waals surface area (Å²) >= 11 is 1.36. The number of nitrogens with zero attached hydrogens (tertiary/aromatic N) is 2.